The molecule has 0 spiro atoms. The van der Waals surface area contributed by atoms with Gasteiger partial charge in [0, 0.05) is 41.3 Å². The van der Waals surface area contributed by atoms with Crippen LogP contribution in [0.3, 0.4) is 0 Å². The van der Waals surface area contributed by atoms with E-state index in [9.17, 15) is 4.79 Å². The summed E-state index contributed by atoms with van der Waals surface area (Å²) in [6.07, 6.45) is 6.43. The monoisotopic (exact) mass is 319 g/mol. The number of carbonyl (C=O) groups excluding carboxylic acids is 1. The van der Waals surface area contributed by atoms with E-state index < -0.39 is 0 Å². The Balaban J connectivity index is 1.55. The predicted molar refractivity (Wildman–Crippen MR) is 91.3 cm³/mol. The molecular formula is C19H17N3O2. The lowest BCUT2D eigenvalue weighted by Crippen LogP contribution is -2.15. The zero-order valence-electron chi connectivity index (χ0n) is 13.1. The SMILES string of the molecule is O=C(Nc1cnc2c(c1)COCC2)c1cccc(-n2cccc2)c1. The fourth-order valence-corrected chi connectivity index (χ4v) is 2.83. The van der Waals surface area contributed by atoms with Crippen LogP contribution in [0.1, 0.15) is 21.6 Å². The molecule has 0 bridgehead atoms. The molecule has 0 saturated heterocycles. The van der Waals surface area contributed by atoms with Crippen LogP contribution in [0, 0.1) is 0 Å². The molecule has 1 N–H and O–H groups in total. The largest absolute Gasteiger partial charge is 0.376 e. The summed E-state index contributed by atoms with van der Waals surface area (Å²) in [6, 6.07) is 13.4. The quantitative estimate of drug-likeness (QED) is 0.806. The Morgan fingerprint density at radius 2 is 2.04 bits per heavy atom. The number of rotatable bonds is 3. The van der Waals surface area contributed by atoms with Crippen molar-refractivity contribution in [1.82, 2.24) is 9.55 Å². The molecule has 4 rings (SSSR count). The first-order valence-electron chi connectivity index (χ1n) is 7.90. The van der Waals surface area contributed by atoms with Crippen LogP contribution in [-0.2, 0) is 17.8 Å². The summed E-state index contributed by atoms with van der Waals surface area (Å²) in [6.45, 7) is 1.26. The third-order valence-electron chi connectivity index (χ3n) is 4.07. The zero-order valence-corrected chi connectivity index (χ0v) is 13.1. The van der Waals surface area contributed by atoms with Gasteiger partial charge in [0.05, 0.1) is 25.1 Å². The van der Waals surface area contributed by atoms with Crippen molar-refractivity contribution in [2.24, 2.45) is 0 Å². The number of pyridine rings is 1. The lowest BCUT2D eigenvalue weighted by atomic mass is 10.1. The Morgan fingerprint density at radius 3 is 2.92 bits per heavy atom. The van der Waals surface area contributed by atoms with Crippen molar-refractivity contribution in [2.75, 3.05) is 11.9 Å². The summed E-state index contributed by atoms with van der Waals surface area (Å²) in [4.78, 5) is 16.9. The smallest absolute Gasteiger partial charge is 0.255 e. The molecule has 0 unspecified atom stereocenters. The van der Waals surface area contributed by atoms with Crippen molar-refractivity contribution in [3.05, 3.63) is 77.9 Å². The third kappa shape index (κ3) is 2.94. The number of hydrogen-bond donors (Lipinski definition) is 1. The van der Waals surface area contributed by atoms with Gasteiger partial charge in [-0.05, 0) is 36.4 Å². The Bertz CT molecular complexity index is 872. The summed E-state index contributed by atoms with van der Waals surface area (Å²) < 4.78 is 7.41. The highest BCUT2D eigenvalue weighted by Gasteiger charge is 2.13. The molecule has 1 aliphatic heterocycles. The van der Waals surface area contributed by atoms with E-state index in [2.05, 4.69) is 10.3 Å². The summed E-state index contributed by atoms with van der Waals surface area (Å²) in [5.41, 5.74) is 4.34. The summed E-state index contributed by atoms with van der Waals surface area (Å²) in [7, 11) is 0. The fraction of sp³-hybridized carbons (Fsp3) is 0.158. The van der Waals surface area contributed by atoms with Crippen molar-refractivity contribution in [1.29, 1.82) is 0 Å². The van der Waals surface area contributed by atoms with Gasteiger partial charge in [-0.1, -0.05) is 6.07 Å². The van der Waals surface area contributed by atoms with Gasteiger partial charge in [0.25, 0.3) is 5.91 Å². The number of benzene rings is 1. The Morgan fingerprint density at radius 1 is 1.17 bits per heavy atom. The van der Waals surface area contributed by atoms with E-state index in [1.54, 1.807) is 12.3 Å². The second-order valence-electron chi connectivity index (χ2n) is 5.73. The van der Waals surface area contributed by atoms with E-state index in [0.29, 0.717) is 24.5 Å². The topological polar surface area (TPSA) is 56.1 Å². The van der Waals surface area contributed by atoms with Crippen LogP contribution in [0.15, 0.2) is 61.1 Å². The highest BCUT2D eigenvalue weighted by atomic mass is 16.5. The number of hydrogen-bond acceptors (Lipinski definition) is 3. The van der Waals surface area contributed by atoms with Crippen LogP contribution in [0.2, 0.25) is 0 Å². The maximum Gasteiger partial charge on any atom is 0.255 e. The van der Waals surface area contributed by atoms with E-state index in [0.717, 1.165) is 23.4 Å². The molecule has 2 aromatic heterocycles. The maximum atomic E-state index is 12.5. The standard InChI is InChI=1S/C19H17N3O2/c23-19(14-4-3-5-17(11-14)22-7-1-2-8-22)21-16-10-15-13-24-9-6-18(15)20-12-16/h1-5,7-8,10-12H,6,9,13H2,(H,21,23). The summed E-state index contributed by atoms with van der Waals surface area (Å²) >= 11 is 0. The lowest BCUT2D eigenvalue weighted by Gasteiger charge is -2.16. The van der Waals surface area contributed by atoms with Gasteiger partial charge in [0.2, 0.25) is 0 Å². The molecule has 0 fully saturated rings. The predicted octanol–water partition coefficient (Wildman–Crippen LogP) is 3.20. The van der Waals surface area contributed by atoms with Gasteiger partial charge in [0.1, 0.15) is 0 Å². The van der Waals surface area contributed by atoms with Gasteiger partial charge >= 0.3 is 0 Å². The average Bonchev–Trinajstić information content (AvgIpc) is 3.16. The molecular weight excluding hydrogens is 302 g/mol. The Kier molecular flexibility index (Phi) is 3.84. The first-order valence-corrected chi connectivity index (χ1v) is 7.90. The van der Waals surface area contributed by atoms with E-state index in [1.807, 2.05) is 53.4 Å². The summed E-state index contributed by atoms with van der Waals surface area (Å²) in [5.74, 6) is -0.150. The van der Waals surface area contributed by atoms with Crippen LogP contribution in [-0.4, -0.2) is 22.1 Å². The molecule has 24 heavy (non-hydrogen) atoms. The van der Waals surface area contributed by atoms with Crippen molar-refractivity contribution in [2.45, 2.75) is 13.0 Å². The first kappa shape index (κ1) is 14.7. The minimum absolute atomic E-state index is 0.150. The van der Waals surface area contributed by atoms with E-state index in [-0.39, 0.29) is 5.91 Å². The van der Waals surface area contributed by atoms with Gasteiger partial charge in [-0.25, -0.2) is 0 Å². The fourth-order valence-electron chi connectivity index (χ4n) is 2.83. The molecule has 0 radical (unpaired) electrons. The van der Waals surface area contributed by atoms with Crippen LogP contribution in [0.25, 0.3) is 5.69 Å². The average molecular weight is 319 g/mol. The van der Waals surface area contributed by atoms with Crippen LogP contribution in [0.5, 0.6) is 0 Å². The Labute approximate surface area is 139 Å². The van der Waals surface area contributed by atoms with Gasteiger partial charge < -0.3 is 14.6 Å². The molecule has 0 saturated carbocycles. The van der Waals surface area contributed by atoms with Gasteiger partial charge in [-0.15, -0.1) is 0 Å². The number of anilines is 1. The van der Waals surface area contributed by atoms with Gasteiger partial charge in [-0.2, -0.15) is 0 Å². The molecule has 1 aromatic carbocycles. The second kappa shape index (κ2) is 6.29. The van der Waals surface area contributed by atoms with Crippen molar-refractivity contribution in [3.8, 4) is 5.69 Å². The minimum atomic E-state index is -0.150. The van der Waals surface area contributed by atoms with E-state index in [4.69, 9.17) is 4.74 Å². The highest BCUT2D eigenvalue weighted by Crippen LogP contribution is 2.19. The molecule has 120 valence electrons. The zero-order chi connectivity index (χ0) is 16.4. The number of ether oxygens (including phenoxy) is 1. The molecule has 0 atom stereocenters. The number of carbonyl (C=O) groups is 1. The summed E-state index contributed by atoms with van der Waals surface area (Å²) in [5, 5.41) is 2.91. The number of aromatic nitrogens is 2. The van der Waals surface area contributed by atoms with Crippen LogP contribution < -0.4 is 5.32 Å². The molecule has 1 aliphatic rings. The molecule has 0 aliphatic carbocycles. The van der Waals surface area contributed by atoms with Crippen LogP contribution in [0.4, 0.5) is 5.69 Å². The van der Waals surface area contributed by atoms with E-state index in [1.165, 1.54) is 0 Å². The minimum Gasteiger partial charge on any atom is -0.376 e. The number of amides is 1. The van der Waals surface area contributed by atoms with Crippen molar-refractivity contribution in [3.63, 3.8) is 0 Å². The highest BCUT2D eigenvalue weighted by molar-refractivity contribution is 6.04. The molecule has 1 amide bonds. The molecule has 3 aromatic rings. The third-order valence-corrected chi connectivity index (χ3v) is 4.07. The number of fused-ring (bicyclic) bond motifs is 1. The number of nitrogens with one attached hydrogen (secondary N) is 1. The van der Waals surface area contributed by atoms with Crippen LogP contribution >= 0.6 is 0 Å². The van der Waals surface area contributed by atoms with Gasteiger partial charge in [-0.3, -0.25) is 9.78 Å². The van der Waals surface area contributed by atoms with Crippen molar-refractivity contribution < 1.29 is 9.53 Å². The van der Waals surface area contributed by atoms with Crippen molar-refractivity contribution >= 4 is 11.6 Å². The molecule has 3 heterocycles. The lowest BCUT2D eigenvalue weighted by molar-refractivity contribution is 0.102. The van der Waals surface area contributed by atoms with E-state index >= 15 is 0 Å². The first-order chi connectivity index (χ1) is 11.8. The number of nitrogens with zero attached hydrogens (tertiary/aromatic N) is 2. The normalized spacial score (nSPS) is 13.3. The van der Waals surface area contributed by atoms with Gasteiger partial charge in [0.15, 0.2) is 0 Å². The molecule has 5 nitrogen and oxygen atoms in total. The Hall–Kier alpha value is -2.92. The molecule has 5 heteroatoms. The second-order valence-corrected chi connectivity index (χ2v) is 5.73. The maximum absolute atomic E-state index is 12.5.